The molecular weight excluding hydrogens is 340 g/mol. The van der Waals surface area contributed by atoms with Crippen molar-refractivity contribution in [1.29, 1.82) is 0 Å². The van der Waals surface area contributed by atoms with Crippen LogP contribution in [0.5, 0.6) is 0 Å². The second-order valence-corrected chi connectivity index (χ2v) is 4.24. The number of aromatic nitrogens is 1. The van der Waals surface area contributed by atoms with Crippen LogP contribution in [0.3, 0.4) is 0 Å². The molecule has 0 aliphatic rings. The van der Waals surface area contributed by atoms with Crippen molar-refractivity contribution in [2.45, 2.75) is 12.8 Å². The van der Waals surface area contributed by atoms with Gasteiger partial charge in [-0.2, -0.15) is 0 Å². The molecule has 0 unspecified atom stereocenters. The Hall–Kier alpha value is -0.560. The lowest BCUT2D eigenvalue weighted by atomic mass is 10.1. The third kappa shape index (κ3) is 3.20. The molecule has 1 aromatic heterocycles. The molecule has 0 saturated heterocycles. The Morgan fingerprint density at radius 3 is 2.60 bits per heavy atom. The summed E-state index contributed by atoms with van der Waals surface area (Å²) in [5.74, 6) is -1.18. The number of rotatable bonds is 3. The molecule has 0 radical (unpaired) electrons. The maximum Gasteiger partial charge on any atom is 0.307 e. The Labute approximate surface area is 101 Å². The van der Waals surface area contributed by atoms with Gasteiger partial charge in [-0.3, -0.25) is 4.79 Å². The number of halogens is 4. The lowest BCUT2D eigenvalue weighted by Gasteiger charge is -2.09. The van der Waals surface area contributed by atoms with Crippen molar-refractivity contribution < 1.29 is 18.7 Å². The molecule has 1 heterocycles. The zero-order chi connectivity index (χ0) is 11.6. The third-order valence-electron chi connectivity index (χ3n) is 1.64. The van der Waals surface area contributed by atoms with Crippen molar-refractivity contribution >= 4 is 37.8 Å². The summed E-state index contributed by atoms with van der Waals surface area (Å²) < 4.78 is 25.5. The van der Waals surface area contributed by atoms with E-state index in [2.05, 4.69) is 36.8 Å². The Balaban J connectivity index is 3.26. The van der Waals surface area contributed by atoms with Gasteiger partial charge in [-0.05, 0) is 37.9 Å². The highest BCUT2D eigenvalue weighted by molar-refractivity contribution is 9.11. The fourth-order valence-corrected chi connectivity index (χ4v) is 2.27. The van der Waals surface area contributed by atoms with Gasteiger partial charge in [0.15, 0.2) is 0 Å². The maximum absolute atomic E-state index is 12.6. The van der Waals surface area contributed by atoms with Crippen LogP contribution in [0.25, 0.3) is 0 Å². The highest BCUT2D eigenvalue weighted by Gasteiger charge is 2.19. The van der Waals surface area contributed by atoms with Gasteiger partial charge in [-0.15, -0.1) is 0 Å². The number of carboxylic acid groups (broad SMARTS) is 1. The second kappa shape index (κ2) is 4.98. The molecule has 0 atom stereocenters. The van der Waals surface area contributed by atoms with E-state index in [-0.39, 0.29) is 20.3 Å². The smallest absolute Gasteiger partial charge is 0.307 e. The van der Waals surface area contributed by atoms with Gasteiger partial charge in [0.25, 0.3) is 6.43 Å². The molecule has 0 amide bonds. The van der Waals surface area contributed by atoms with E-state index in [1.54, 1.807) is 0 Å². The van der Waals surface area contributed by atoms with Crippen LogP contribution in [-0.2, 0) is 11.2 Å². The van der Waals surface area contributed by atoms with Crippen molar-refractivity contribution in [3.63, 3.8) is 0 Å². The van der Waals surface area contributed by atoms with Gasteiger partial charge in [0.05, 0.1) is 6.42 Å². The van der Waals surface area contributed by atoms with Crippen LogP contribution in [0.1, 0.15) is 17.6 Å². The summed E-state index contributed by atoms with van der Waals surface area (Å²) in [5.41, 5.74) is -0.327. The molecular formula is C8H5Br2F2NO2. The predicted molar refractivity (Wildman–Crippen MR) is 55.9 cm³/mol. The number of hydrogen-bond donors (Lipinski definition) is 1. The second-order valence-electron chi connectivity index (χ2n) is 2.67. The summed E-state index contributed by atoms with van der Waals surface area (Å²) in [5, 5.41) is 8.56. The summed E-state index contributed by atoms with van der Waals surface area (Å²) in [4.78, 5) is 14.3. The van der Waals surface area contributed by atoms with E-state index in [1.165, 1.54) is 0 Å². The number of carbonyl (C=O) groups is 1. The largest absolute Gasteiger partial charge is 0.481 e. The van der Waals surface area contributed by atoms with Crippen LogP contribution in [0.2, 0.25) is 0 Å². The fraction of sp³-hybridized carbons (Fsp3) is 0.250. The van der Waals surface area contributed by atoms with E-state index in [9.17, 15) is 13.6 Å². The first-order valence-corrected chi connectivity index (χ1v) is 5.35. The summed E-state index contributed by atoms with van der Waals surface area (Å²) in [6, 6.07) is 1.12. The van der Waals surface area contributed by atoms with Gasteiger partial charge >= 0.3 is 5.97 Å². The van der Waals surface area contributed by atoms with E-state index in [4.69, 9.17) is 5.11 Å². The third-order valence-corrected chi connectivity index (χ3v) is 2.70. The van der Waals surface area contributed by atoms with Crippen molar-refractivity contribution in [2.24, 2.45) is 0 Å². The number of alkyl halides is 2. The Morgan fingerprint density at radius 1 is 1.53 bits per heavy atom. The predicted octanol–water partition coefficient (Wildman–Crippen LogP) is 3.17. The van der Waals surface area contributed by atoms with Crippen molar-refractivity contribution in [3.8, 4) is 0 Å². The monoisotopic (exact) mass is 343 g/mol. The van der Waals surface area contributed by atoms with Crippen LogP contribution in [0.4, 0.5) is 8.78 Å². The lowest BCUT2D eigenvalue weighted by molar-refractivity contribution is -0.136. The maximum atomic E-state index is 12.6. The van der Waals surface area contributed by atoms with Crippen LogP contribution in [0.15, 0.2) is 15.3 Å². The quantitative estimate of drug-likeness (QED) is 0.857. The first-order valence-electron chi connectivity index (χ1n) is 3.76. The minimum atomic E-state index is -2.73. The van der Waals surface area contributed by atoms with E-state index < -0.39 is 18.8 Å². The van der Waals surface area contributed by atoms with Gasteiger partial charge in [0.1, 0.15) is 9.21 Å². The van der Waals surface area contributed by atoms with Gasteiger partial charge < -0.3 is 5.11 Å². The molecule has 1 N–H and O–H groups in total. The van der Waals surface area contributed by atoms with Gasteiger partial charge in [-0.25, -0.2) is 13.8 Å². The SMILES string of the molecule is O=C(O)Cc1c(C(F)F)cc(Br)nc1Br. The van der Waals surface area contributed by atoms with Crippen molar-refractivity contribution in [3.05, 3.63) is 26.4 Å². The molecule has 0 spiro atoms. The van der Waals surface area contributed by atoms with Crippen molar-refractivity contribution in [2.75, 3.05) is 0 Å². The standard InChI is InChI=1S/C8H5Br2F2NO2/c9-5-1-4(8(11)12)3(2-6(14)15)7(10)13-5/h1,8H,2H2,(H,14,15). The average Bonchev–Trinajstić information content (AvgIpc) is 2.08. The normalized spacial score (nSPS) is 10.7. The number of carboxylic acids is 1. The number of aliphatic carboxylic acids is 1. The van der Waals surface area contributed by atoms with Crippen LogP contribution < -0.4 is 0 Å². The molecule has 0 aromatic carbocycles. The minimum Gasteiger partial charge on any atom is -0.481 e. The molecule has 15 heavy (non-hydrogen) atoms. The van der Waals surface area contributed by atoms with Gasteiger partial charge in [0.2, 0.25) is 0 Å². The topological polar surface area (TPSA) is 50.2 Å². The molecule has 0 saturated carbocycles. The summed E-state index contributed by atoms with van der Waals surface area (Å²) >= 11 is 5.92. The molecule has 3 nitrogen and oxygen atoms in total. The van der Waals surface area contributed by atoms with Gasteiger partial charge in [0, 0.05) is 11.1 Å². The zero-order valence-corrected chi connectivity index (χ0v) is 10.3. The van der Waals surface area contributed by atoms with Crippen LogP contribution in [-0.4, -0.2) is 16.1 Å². The summed E-state index contributed by atoms with van der Waals surface area (Å²) in [6.07, 6.45) is -3.21. The van der Waals surface area contributed by atoms with E-state index >= 15 is 0 Å². The highest BCUT2D eigenvalue weighted by Crippen LogP contribution is 2.30. The Bertz CT molecular complexity index is 398. The fourth-order valence-electron chi connectivity index (χ4n) is 1.05. The summed E-state index contributed by atoms with van der Waals surface area (Å²) in [6.45, 7) is 0. The highest BCUT2D eigenvalue weighted by atomic mass is 79.9. The molecule has 0 bridgehead atoms. The molecule has 0 fully saturated rings. The summed E-state index contributed by atoms with van der Waals surface area (Å²) in [7, 11) is 0. The van der Waals surface area contributed by atoms with Gasteiger partial charge in [-0.1, -0.05) is 0 Å². The van der Waals surface area contributed by atoms with Crippen LogP contribution >= 0.6 is 31.9 Å². The molecule has 0 aliphatic carbocycles. The molecule has 0 aliphatic heterocycles. The number of hydrogen-bond acceptors (Lipinski definition) is 2. The molecule has 82 valence electrons. The minimum absolute atomic E-state index is 0.000648. The Kier molecular flexibility index (Phi) is 4.15. The molecule has 1 rings (SSSR count). The Morgan fingerprint density at radius 2 is 2.13 bits per heavy atom. The zero-order valence-electron chi connectivity index (χ0n) is 7.18. The first kappa shape index (κ1) is 12.5. The van der Waals surface area contributed by atoms with Crippen molar-refractivity contribution in [1.82, 2.24) is 4.98 Å². The van der Waals surface area contributed by atoms with E-state index in [0.717, 1.165) is 6.07 Å². The van der Waals surface area contributed by atoms with E-state index in [1.807, 2.05) is 0 Å². The average molecular weight is 345 g/mol. The number of nitrogens with zero attached hydrogens (tertiary/aromatic N) is 1. The van der Waals surface area contributed by atoms with E-state index in [0.29, 0.717) is 0 Å². The molecule has 1 aromatic rings. The molecule has 7 heteroatoms. The lowest BCUT2D eigenvalue weighted by Crippen LogP contribution is -2.06. The van der Waals surface area contributed by atoms with Crippen LogP contribution in [0, 0.1) is 0 Å². The number of pyridine rings is 1. The first-order chi connectivity index (χ1) is 6.91.